The van der Waals surface area contributed by atoms with E-state index in [1.54, 1.807) is 17.2 Å². The van der Waals surface area contributed by atoms with Crippen molar-refractivity contribution in [2.45, 2.75) is 19.4 Å². The molecule has 26 heavy (non-hydrogen) atoms. The van der Waals surface area contributed by atoms with Gasteiger partial charge in [0, 0.05) is 44.5 Å². The normalized spacial score (nSPS) is 17.0. The monoisotopic (exact) mass is 357 g/mol. The van der Waals surface area contributed by atoms with Gasteiger partial charge in [0.05, 0.1) is 5.69 Å². The van der Waals surface area contributed by atoms with Gasteiger partial charge < -0.3 is 15.5 Å². The molecule has 0 bridgehead atoms. The number of aromatic nitrogens is 3. The van der Waals surface area contributed by atoms with Crippen LogP contribution in [-0.2, 0) is 0 Å². The standard InChI is InChI=1S/C18H27N7O/c1-15(24-10-8-23(2)9-11-24)6-7-19-18(26)22-16-4-3-5-17(12-16)25-13-20-21-14-25/h3-5,12-15H,6-11H2,1-2H3,(H2,19,22,26). The van der Waals surface area contributed by atoms with Crippen LogP contribution in [0.15, 0.2) is 36.9 Å². The van der Waals surface area contributed by atoms with E-state index in [1.807, 2.05) is 24.3 Å². The van der Waals surface area contributed by atoms with Crippen molar-refractivity contribution in [3.05, 3.63) is 36.9 Å². The smallest absolute Gasteiger partial charge is 0.319 e. The van der Waals surface area contributed by atoms with Gasteiger partial charge in [0.1, 0.15) is 12.7 Å². The van der Waals surface area contributed by atoms with Crippen molar-refractivity contribution in [2.75, 3.05) is 45.1 Å². The lowest BCUT2D eigenvalue weighted by Gasteiger charge is -2.36. The average molecular weight is 357 g/mol. The summed E-state index contributed by atoms with van der Waals surface area (Å²) in [6.45, 7) is 7.31. The largest absolute Gasteiger partial charge is 0.338 e. The molecule has 8 nitrogen and oxygen atoms in total. The molecule has 0 saturated carbocycles. The first kappa shape index (κ1) is 18.3. The van der Waals surface area contributed by atoms with Gasteiger partial charge in [-0.25, -0.2) is 4.79 Å². The minimum atomic E-state index is -0.184. The lowest BCUT2D eigenvalue weighted by Crippen LogP contribution is -2.48. The van der Waals surface area contributed by atoms with Gasteiger partial charge in [0.25, 0.3) is 0 Å². The average Bonchev–Trinajstić information content (AvgIpc) is 3.17. The lowest BCUT2D eigenvalue weighted by atomic mass is 10.1. The number of piperazine rings is 1. The Bertz CT molecular complexity index is 695. The molecule has 2 heterocycles. The molecule has 1 aromatic carbocycles. The number of benzene rings is 1. The molecule has 1 fully saturated rings. The van der Waals surface area contributed by atoms with E-state index in [0.29, 0.717) is 12.6 Å². The molecule has 8 heteroatoms. The Hall–Kier alpha value is -2.45. The number of nitrogens with zero attached hydrogens (tertiary/aromatic N) is 5. The molecule has 140 valence electrons. The molecule has 2 aromatic rings. The van der Waals surface area contributed by atoms with E-state index < -0.39 is 0 Å². The predicted molar refractivity (Wildman–Crippen MR) is 102 cm³/mol. The van der Waals surface area contributed by atoms with Crippen LogP contribution in [0.1, 0.15) is 13.3 Å². The third kappa shape index (κ3) is 5.03. The van der Waals surface area contributed by atoms with Crippen LogP contribution in [0.5, 0.6) is 0 Å². The molecule has 2 amide bonds. The summed E-state index contributed by atoms with van der Waals surface area (Å²) in [5, 5.41) is 13.4. The first-order valence-electron chi connectivity index (χ1n) is 9.04. The first-order chi connectivity index (χ1) is 12.6. The first-order valence-corrected chi connectivity index (χ1v) is 9.04. The maximum absolute atomic E-state index is 12.1. The summed E-state index contributed by atoms with van der Waals surface area (Å²) in [7, 11) is 2.16. The Morgan fingerprint density at radius 3 is 2.65 bits per heavy atom. The van der Waals surface area contributed by atoms with Crippen LogP contribution >= 0.6 is 0 Å². The van der Waals surface area contributed by atoms with E-state index in [2.05, 4.69) is 44.6 Å². The maximum atomic E-state index is 12.1. The summed E-state index contributed by atoms with van der Waals surface area (Å²) >= 11 is 0. The number of carbonyl (C=O) groups excluding carboxylic acids is 1. The Labute approximate surface area is 154 Å². The second-order valence-electron chi connectivity index (χ2n) is 6.78. The Morgan fingerprint density at radius 2 is 1.92 bits per heavy atom. The fourth-order valence-electron chi connectivity index (χ4n) is 3.09. The SMILES string of the molecule is CC(CCNC(=O)Nc1cccc(-n2cnnc2)c1)N1CCN(C)CC1. The highest BCUT2D eigenvalue weighted by Crippen LogP contribution is 2.14. The van der Waals surface area contributed by atoms with Gasteiger partial charge in [0.2, 0.25) is 0 Å². The zero-order valence-electron chi connectivity index (χ0n) is 15.4. The third-order valence-electron chi connectivity index (χ3n) is 4.83. The van der Waals surface area contributed by atoms with E-state index in [-0.39, 0.29) is 6.03 Å². The number of nitrogens with one attached hydrogen (secondary N) is 2. The second kappa shape index (κ2) is 8.77. The van der Waals surface area contributed by atoms with E-state index in [1.165, 1.54) is 0 Å². The molecule has 1 atom stereocenters. The van der Waals surface area contributed by atoms with Gasteiger partial charge in [-0.2, -0.15) is 0 Å². The molecule has 0 aliphatic carbocycles. The molecule has 0 radical (unpaired) electrons. The highest BCUT2D eigenvalue weighted by Gasteiger charge is 2.18. The fraction of sp³-hybridized carbons (Fsp3) is 0.500. The van der Waals surface area contributed by atoms with Crippen molar-refractivity contribution in [3.8, 4) is 5.69 Å². The maximum Gasteiger partial charge on any atom is 0.319 e. The molecule has 1 unspecified atom stereocenters. The molecular formula is C18H27N7O. The van der Waals surface area contributed by atoms with Gasteiger partial charge in [-0.05, 0) is 38.6 Å². The number of hydrogen-bond acceptors (Lipinski definition) is 5. The molecule has 1 saturated heterocycles. The molecule has 3 rings (SSSR count). The predicted octanol–water partition coefficient (Wildman–Crippen LogP) is 1.41. The summed E-state index contributed by atoms with van der Waals surface area (Å²) < 4.78 is 1.79. The van der Waals surface area contributed by atoms with E-state index in [9.17, 15) is 4.79 Å². The van der Waals surface area contributed by atoms with E-state index >= 15 is 0 Å². The molecular weight excluding hydrogens is 330 g/mol. The molecule has 0 spiro atoms. The number of carbonyl (C=O) groups is 1. The highest BCUT2D eigenvalue weighted by atomic mass is 16.2. The van der Waals surface area contributed by atoms with E-state index in [4.69, 9.17) is 0 Å². The van der Waals surface area contributed by atoms with Crippen LogP contribution in [0, 0.1) is 0 Å². The number of likely N-dealkylation sites (N-methyl/N-ethyl adjacent to an activating group) is 1. The Kier molecular flexibility index (Phi) is 6.19. The van der Waals surface area contributed by atoms with Crippen molar-refractivity contribution in [3.63, 3.8) is 0 Å². The topological polar surface area (TPSA) is 78.3 Å². The fourth-order valence-corrected chi connectivity index (χ4v) is 3.09. The quantitative estimate of drug-likeness (QED) is 0.817. The van der Waals surface area contributed by atoms with Gasteiger partial charge >= 0.3 is 6.03 Å². The number of amides is 2. The molecule has 1 aliphatic heterocycles. The van der Waals surface area contributed by atoms with Crippen LogP contribution in [0.4, 0.5) is 10.5 Å². The van der Waals surface area contributed by atoms with Gasteiger partial charge in [0.15, 0.2) is 0 Å². The van der Waals surface area contributed by atoms with Crippen LogP contribution in [0.3, 0.4) is 0 Å². The van der Waals surface area contributed by atoms with Crippen molar-refractivity contribution >= 4 is 11.7 Å². The van der Waals surface area contributed by atoms with Crippen molar-refractivity contribution in [1.29, 1.82) is 0 Å². The van der Waals surface area contributed by atoms with Crippen LogP contribution in [-0.4, -0.2) is 76.4 Å². The lowest BCUT2D eigenvalue weighted by molar-refractivity contribution is 0.115. The second-order valence-corrected chi connectivity index (χ2v) is 6.78. The summed E-state index contributed by atoms with van der Waals surface area (Å²) in [6, 6.07) is 7.86. The Morgan fingerprint density at radius 1 is 1.19 bits per heavy atom. The number of anilines is 1. The van der Waals surface area contributed by atoms with Crippen molar-refractivity contribution in [2.24, 2.45) is 0 Å². The summed E-state index contributed by atoms with van der Waals surface area (Å²) in [5.41, 5.74) is 1.64. The van der Waals surface area contributed by atoms with E-state index in [0.717, 1.165) is 44.0 Å². The molecule has 1 aliphatic rings. The number of rotatable bonds is 6. The summed E-state index contributed by atoms with van der Waals surface area (Å²) in [6.07, 6.45) is 4.19. The van der Waals surface area contributed by atoms with Crippen LogP contribution in [0.2, 0.25) is 0 Å². The van der Waals surface area contributed by atoms with Gasteiger partial charge in [-0.15, -0.1) is 10.2 Å². The minimum absolute atomic E-state index is 0.184. The highest BCUT2D eigenvalue weighted by molar-refractivity contribution is 5.89. The minimum Gasteiger partial charge on any atom is -0.338 e. The van der Waals surface area contributed by atoms with Crippen LogP contribution in [0.25, 0.3) is 5.69 Å². The third-order valence-corrected chi connectivity index (χ3v) is 4.83. The van der Waals surface area contributed by atoms with Crippen molar-refractivity contribution in [1.82, 2.24) is 29.9 Å². The Balaban J connectivity index is 1.42. The number of hydrogen-bond donors (Lipinski definition) is 2. The molecule has 1 aromatic heterocycles. The van der Waals surface area contributed by atoms with Crippen molar-refractivity contribution < 1.29 is 4.79 Å². The zero-order chi connectivity index (χ0) is 18.4. The summed E-state index contributed by atoms with van der Waals surface area (Å²) in [4.78, 5) is 17.0. The molecule has 2 N–H and O–H groups in total. The number of urea groups is 1. The van der Waals surface area contributed by atoms with Gasteiger partial charge in [-0.3, -0.25) is 9.47 Å². The van der Waals surface area contributed by atoms with Gasteiger partial charge in [-0.1, -0.05) is 6.07 Å². The summed E-state index contributed by atoms with van der Waals surface area (Å²) in [5.74, 6) is 0. The zero-order valence-corrected chi connectivity index (χ0v) is 15.4. The van der Waals surface area contributed by atoms with Crippen LogP contribution < -0.4 is 10.6 Å².